The Labute approximate surface area is 124 Å². The van der Waals surface area contributed by atoms with Crippen LogP contribution in [-0.2, 0) is 6.42 Å². The molecule has 2 rings (SSSR count). The van der Waals surface area contributed by atoms with Gasteiger partial charge in [-0.3, -0.25) is 0 Å². The van der Waals surface area contributed by atoms with E-state index < -0.39 is 0 Å². The van der Waals surface area contributed by atoms with E-state index in [1.54, 1.807) is 0 Å². The molecule has 0 radical (unpaired) electrons. The third kappa shape index (κ3) is 4.52. The molecule has 2 aromatic carbocycles. The molecule has 20 heavy (non-hydrogen) atoms. The van der Waals surface area contributed by atoms with Gasteiger partial charge in [0.25, 0.3) is 0 Å². The van der Waals surface area contributed by atoms with Crippen molar-refractivity contribution in [1.29, 1.82) is 0 Å². The summed E-state index contributed by atoms with van der Waals surface area (Å²) in [6, 6.07) is 17.9. The summed E-state index contributed by atoms with van der Waals surface area (Å²) < 4.78 is 0. The minimum Gasteiger partial charge on any atom is -0.0683 e. The van der Waals surface area contributed by atoms with Crippen LogP contribution in [0.3, 0.4) is 0 Å². The van der Waals surface area contributed by atoms with Gasteiger partial charge in [-0.15, -0.1) is 0 Å². The van der Waals surface area contributed by atoms with Gasteiger partial charge in [0.1, 0.15) is 0 Å². The third-order valence-electron chi connectivity index (χ3n) is 3.40. The van der Waals surface area contributed by atoms with Crippen molar-refractivity contribution < 1.29 is 0 Å². The Bertz CT molecular complexity index is 474. The number of aryl methyl sites for hydroxylation is 1. The molecule has 0 spiro atoms. The van der Waals surface area contributed by atoms with Crippen molar-refractivity contribution >= 4 is 0 Å². The van der Waals surface area contributed by atoms with E-state index in [2.05, 4.69) is 69.3 Å². The normalized spacial score (nSPS) is 10.1. The van der Waals surface area contributed by atoms with Crippen LogP contribution in [-0.4, -0.2) is 0 Å². The van der Waals surface area contributed by atoms with Gasteiger partial charge in [0.2, 0.25) is 0 Å². The van der Waals surface area contributed by atoms with Crippen molar-refractivity contribution in [1.82, 2.24) is 0 Å². The summed E-state index contributed by atoms with van der Waals surface area (Å²) in [5, 5.41) is 0. The summed E-state index contributed by atoms with van der Waals surface area (Å²) in [5.41, 5.74) is 5.45. The average Bonchev–Trinajstić information content (AvgIpc) is 2.50. The Morgan fingerprint density at radius 1 is 0.750 bits per heavy atom. The van der Waals surface area contributed by atoms with Crippen LogP contribution in [0, 0.1) is 0 Å². The molecule has 2 aromatic rings. The molecule has 0 fully saturated rings. The lowest BCUT2D eigenvalue weighted by Crippen LogP contribution is -1.87. The topological polar surface area (TPSA) is 0 Å². The molecular weight excluding hydrogens is 240 g/mol. The highest BCUT2D eigenvalue weighted by Gasteiger charge is 2.01. The van der Waals surface area contributed by atoms with Gasteiger partial charge in [0.05, 0.1) is 0 Å². The number of rotatable bonds is 4. The SMILES string of the molecule is CC.CCCc1ccc(-c2ccc(C(C)C)cc2)cc1. The fourth-order valence-electron chi connectivity index (χ4n) is 2.21. The number of hydrogen-bond acceptors (Lipinski definition) is 0. The minimum atomic E-state index is 0.603. The standard InChI is InChI=1S/C18H22.C2H6/c1-4-5-15-6-8-17(9-7-15)18-12-10-16(11-13-18)14(2)3;1-2/h6-14H,4-5H2,1-3H3;1-2H3. The zero-order chi connectivity index (χ0) is 15.0. The minimum absolute atomic E-state index is 0.603. The first kappa shape index (κ1) is 16.5. The molecule has 0 bridgehead atoms. The summed E-state index contributed by atoms with van der Waals surface area (Å²) in [6.45, 7) is 10.7. The summed E-state index contributed by atoms with van der Waals surface area (Å²) in [6.07, 6.45) is 2.38. The Morgan fingerprint density at radius 3 is 1.60 bits per heavy atom. The summed E-state index contributed by atoms with van der Waals surface area (Å²) >= 11 is 0. The second kappa shape index (κ2) is 8.58. The fourth-order valence-corrected chi connectivity index (χ4v) is 2.21. The first-order valence-corrected chi connectivity index (χ1v) is 7.90. The second-order valence-corrected chi connectivity index (χ2v) is 5.22. The van der Waals surface area contributed by atoms with E-state index >= 15 is 0 Å². The smallest absolute Gasteiger partial charge is 0.0184 e. The lowest BCUT2D eigenvalue weighted by Gasteiger charge is -2.07. The van der Waals surface area contributed by atoms with Crippen molar-refractivity contribution in [2.24, 2.45) is 0 Å². The molecule has 0 unspecified atom stereocenters. The lowest BCUT2D eigenvalue weighted by molar-refractivity contribution is 0.867. The Hall–Kier alpha value is -1.56. The van der Waals surface area contributed by atoms with Crippen LogP contribution >= 0.6 is 0 Å². The van der Waals surface area contributed by atoms with Gasteiger partial charge < -0.3 is 0 Å². The maximum absolute atomic E-state index is 2.25. The van der Waals surface area contributed by atoms with Crippen LogP contribution in [0.4, 0.5) is 0 Å². The molecule has 0 saturated heterocycles. The molecule has 0 heteroatoms. The van der Waals surface area contributed by atoms with Crippen LogP contribution in [0.2, 0.25) is 0 Å². The molecule has 0 heterocycles. The van der Waals surface area contributed by atoms with Crippen LogP contribution in [0.5, 0.6) is 0 Å². The van der Waals surface area contributed by atoms with E-state index in [1.165, 1.54) is 35.1 Å². The van der Waals surface area contributed by atoms with Crippen molar-refractivity contribution in [3.8, 4) is 11.1 Å². The van der Waals surface area contributed by atoms with Gasteiger partial charge in [-0.2, -0.15) is 0 Å². The van der Waals surface area contributed by atoms with Crippen LogP contribution in [0.15, 0.2) is 48.5 Å². The van der Waals surface area contributed by atoms with Gasteiger partial charge in [0, 0.05) is 0 Å². The van der Waals surface area contributed by atoms with Crippen LogP contribution in [0.1, 0.15) is 58.1 Å². The Balaban J connectivity index is 0.000000956. The average molecular weight is 268 g/mol. The first-order valence-electron chi connectivity index (χ1n) is 7.90. The first-order chi connectivity index (χ1) is 9.70. The summed E-state index contributed by atoms with van der Waals surface area (Å²) in [5.74, 6) is 0.603. The molecule has 0 aliphatic carbocycles. The molecule has 108 valence electrons. The molecule has 0 amide bonds. The summed E-state index contributed by atoms with van der Waals surface area (Å²) in [7, 11) is 0. The van der Waals surface area contributed by atoms with Gasteiger partial charge in [-0.25, -0.2) is 0 Å². The van der Waals surface area contributed by atoms with E-state index in [9.17, 15) is 0 Å². The van der Waals surface area contributed by atoms with E-state index in [4.69, 9.17) is 0 Å². The molecule has 0 saturated carbocycles. The fraction of sp³-hybridized carbons (Fsp3) is 0.400. The maximum Gasteiger partial charge on any atom is -0.0184 e. The van der Waals surface area contributed by atoms with Gasteiger partial charge in [-0.05, 0) is 34.6 Å². The Kier molecular flexibility index (Phi) is 7.08. The molecular formula is C20H28. The lowest BCUT2D eigenvalue weighted by atomic mass is 9.98. The molecule has 0 atom stereocenters. The highest BCUT2D eigenvalue weighted by molar-refractivity contribution is 5.64. The van der Waals surface area contributed by atoms with Crippen molar-refractivity contribution in [2.45, 2.75) is 53.4 Å². The van der Waals surface area contributed by atoms with Crippen molar-refractivity contribution in [3.05, 3.63) is 59.7 Å². The molecule has 0 N–H and O–H groups in total. The predicted molar refractivity (Wildman–Crippen MR) is 91.3 cm³/mol. The summed E-state index contributed by atoms with van der Waals surface area (Å²) in [4.78, 5) is 0. The van der Waals surface area contributed by atoms with Gasteiger partial charge >= 0.3 is 0 Å². The largest absolute Gasteiger partial charge is 0.0683 e. The van der Waals surface area contributed by atoms with Crippen molar-refractivity contribution in [2.75, 3.05) is 0 Å². The van der Waals surface area contributed by atoms with Crippen LogP contribution in [0.25, 0.3) is 11.1 Å². The zero-order valence-electron chi connectivity index (χ0n) is 13.6. The molecule has 0 aromatic heterocycles. The van der Waals surface area contributed by atoms with E-state index in [1.807, 2.05) is 13.8 Å². The van der Waals surface area contributed by atoms with Crippen LogP contribution < -0.4 is 0 Å². The highest BCUT2D eigenvalue weighted by atomic mass is 14.1. The second-order valence-electron chi connectivity index (χ2n) is 5.22. The predicted octanol–water partition coefficient (Wildman–Crippen LogP) is 6.46. The molecule has 0 aliphatic heterocycles. The molecule has 0 aliphatic rings. The quantitative estimate of drug-likeness (QED) is 0.597. The maximum atomic E-state index is 2.25. The Morgan fingerprint density at radius 2 is 1.20 bits per heavy atom. The van der Waals surface area contributed by atoms with Crippen molar-refractivity contribution in [3.63, 3.8) is 0 Å². The molecule has 0 nitrogen and oxygen atoms in total. The number of hydrogen-bond donors (Lipinski definition) is 0. The number of benzene rings is 2. The van der Waals surface area contributed by atoms with Gasteiger partial charge in [-0.1, -0.05) is 89.6 Å². The monoisotopic (exact) mass is 268 g/mol. The van der Waals surface area contributed by atoms with Gasteiger partial charge in [0.15, 0.2) is 0 Å². The van der Waals surface area contributed by atoms with E-state index in [0.717, 1.165) is 0 Å². The zero-order valence-corrected chi connectivity index (χ0v) is 13.6. The van der Waals surface area contributed by atoms with E-state index in [-0.39, 0.29) is 0 Å². The van der Waals surface area contributed by atoms with E-state index in [0.29, 0.717) is 5.92 Å². The third-order valence-corrected chi connectivity index (χ3v) is 3.40. The highest BCUT2D eigenvalue weighted by Crippen LogP contribution is 2.23.